The van der Waals surface area contributed by atoms with Gasteiger partial charge in [-0.1, -0.05) is 34.6 Å². The highest BCUT2D eigenvalue weighted by atomic mass is 32.1. The van der Waals surface area contributed by atoms with Crippen LogP contribution in [-0.2, 0) is 16.8 Å². The second-order valence-corrected chi connectivity index (χ2v) is 7.49. The Morgan fingerprint density at radius 1 is 1.32 bits per heavy atom. The van der Waals surface area contributed by atoms with Crippen LogP contribution in [0.25, 0.3) is 0 Å². The highest BCUT2D eigenvalue weighted by molar-refractivity contribution is 7.12. The van der Waals surface area contributed by atoms with Gasteiger partial charge in [0.15, 0.2) is 0 Å². The minimum atomic E-state index is 0.0706. The molecule has 0 aliphatic rings. The van der Waals surface area contributed by atoms with Crippen molar-refractivity contribution >= 4 is 17.2 Å². The molecule has 0 spiro atoms. The normalized spacial score (nSPS) is 11.9. The predicted octanol–water partition coefficient (Wildman–Crippen LogP) is 2.91. The number of carbonyl (C=O) groups excluding carboxylic acids is 1. The van der Waals surface area contributed by atoms with Crippen molar-refractivity contribution < 1.29 is 4.79 Å². The van der Waals surface area contributed by atoms with Crippen LogP contribution in [0.4, 0.5) is 0 Å². The van der Waals surface area contributed by atoms with Gasteiger partial charge in [-0.3, -0.25) is 4.79 Å². The van der Waals surface area contributed by atoms with Crippen LogP contribution in [0.1, 0.15) is 44.4 Å². The van der Waals surface area contributed by atoms with Gasteiger partial charge in [-0.2, -0.15) is 0 Å². The Bertz CT molecular complexity index is 405. The third-order valence-electron chi connectivity index (χ3n) is 2.69. The summed E-state index contributed by atoms with van der Waals surface area (Å²) in [6.45, 7) is 12.7. The highest BCUT2D eigenvalue weighted by Crippen LogP contribution is 2.29. The number of hydrogen-bond acceptors (Lipinski definition) is 3. The number of hydrogen-bond donors (Lipinski definition) is 2. The van der Waals surface area contributed by atoms with Gasteiger partial charge in [-0.25, -0.2) is 0 Å². The zero-order valence-corrected chi connectivity index (χ0v) is 13.5. The Kier molecular flexibility index (Phi) is 6.01. The van der Waals surface area contributed by atoms with Crippen molar-refractivity contribution in [2.75, 3.05) is 13.1 Å². The van der Waals surface area contributed by atoms with E-state index in [0.717, 1.165) is 13.1 Å². The lowest BCUT2D eigenvalue weighted by molar-refractivity contribution is -0.120. The third-order valence-corrected chi connectivity index (χ3v) is 4.20. The molecule has 0 aliphatic heterocycles. The minimum Gasteiger partial charge on any atom is -0.355 e. The molecule has 2 N–H and O–H groups in total. The van der Waals surface area contributed by atoms with Crippen molar-refractivity contribution in [3.8, 4) is 0 Å². The smallest absolute Gasteiger partial charge is 0.233 e. The molecule has 0 fully saturated rings. The van der Waals surface area contributed by atoms with Gasteiger partial charge >= 0.3 is 0 Å². The molecule has 0 bridgehead atoms. The number of nitrogens with one attached hydrogen (secondary N) is 2. The van der Waals surface area contributed by atoms with Gasteiger partial charge in [0.1, 0.15) is 0 Å². The van der Waals surface area contributed by atoms with Crippen LogP contribution in [0.2, 0.25) is 0 Å². The lowest BCUT2D eigenvalue weighted by Crippen LogP contribution is -2.35. The largest absolute Gasteiger partial charge is 0.355 e. The molecule has 19 heavy (non-hydrogen) atoms. The summed E-state index contributed by atoms with van der Waals surface area (Å²) < 4.78 is 0. The zero-order chi connectivity index (χ0) is 14.5. The van der Waals surface area contributed by atoms with E-state index in [9.17, 15) is 4.79 Å². The molecule has 0 aliphatic carbocycles. The fourth-order valence-electron chi connectivity index (χ4n) is 1.56. The van der Waals surface area contributed by atoms with E-state index in [2.05, 4.69) is 57.4 Å². The first-order valence-electron chi connectivity index (χ1n) is 6.85. The van der Waals surface area contributed by atoms with Gasteiger partial charge < -0.3 is 10.6 Å². The van der Waals surface area contributed by atoms with Gasteiger partial charge in [-0.15, -0.1) is 11.3 Å². The van der Waals surface area contributed by atoms with Crippen LogP contribution in [0.5, 0.6) is 0 Å². The van der Waals surface area contributed by atoms with E-state index in [4.69, 9.17) is 0 Å². The summed E-state index contributed by atoms with van der Waals surface area (Å²) >= 11 is 1.82. The van der Waals surface area contributed by atoms with Gasteiger partial charge in [0.25, 0.3) is 0 Å². The topological polar surface area (TPSA) is 41.1 Å². The van der Waals surface area contributed by atoms with Crippen molar-refractivity contribution in [1.82, 2.24) is 10.6 Å². The van der Waals surface area contributed by atoms with Gasteiger partial charge in [-0.05, 0) is 23.5 Å². The van der Waals surface area contributed by atoms with Crippen LogP contribution in [0.15, 0.2) is 12.1 Å². The summed E-state index contributed by atoms with van der Waals surface area (Å²) in [5.74, 6) is 0.567. The van der Waals surface area contributed by atoms with E-state index in [1.165, 1.54) is 9.75 Å². The average molecular weight is 282 g/mol. The summed E-state index contributed by atoms with van der Waals surface area (Å²) in [4.78, 5) is 14.2. The number of rotatable bonds is 6. The van der Waals surface area contributed by atoms with E-state index in [1.54, 1.807) is 0 Å². The molecule has 108 valence electrons. The van der Waals surface area contributed by atoms with Crippen LogP contribution >= 0.6 is 11.3 Å². The molecular formula is C15H26N2OS. The number of thiophene rings is 1. The monoisotopic (exact) mass is 282 g/mol. The summed E-state index contributed by atoms with van der Waals surface area (Å²) in [6.07, 6.45) is 0. The van der Waals surface area contributed by atoms with Crippen molar-refractivity contribution in [1.29, 1.82) is 0 Å². The molecular weight excluding hydrogens is 256 g/mol. The standard InChI is InChI=1S/C15H26N2OS/c1-11(2)8-17-14(18)10-16-9-12-6-7-13(19-12)15(3,4)5/h6-7,11,16H,8-10H2,1-5H3,(H,17,18). The van der Waals surface area contributed by atoms with Crippen LogP contribution < -0.4 is 10.6 Å². The first-order valence-corrected chi connectivity index (χ1v) is 7.67. The second kappa shape index (κ2) is 7.06. The van der Waals surface area contributed by atoms with E-state index in [1.807, 2.05) is 11.3 Å². The summed E-state index contributed by atoms with van der Waals surface area (Å²) in [5.41, 5.74) is 0.206. The van der Waals surface area contributed by atoms with Crippen LogP contribution in [0.3, 0.4) is 0 Å². The highest BCUT2D eigenvalue weighted by Gasteiger charge is 2.15. The Morgan fingerprint density at radius 2 is 2.00 bits per heavy atom. The third kappa shape index (κ3) is 6.21. The lowest BCUT2D eigenvalue weighted by Gasteiger charge is -2.15. The maximum absolute atomic E-state index is 11.5. The molecule has 0 atom stereocenters. The van der Waals surface area contributed by atoms with Crippen molar-refractivity contribution in [2.24, 2.45) is 5.92 Å². The lowest BCUT2D eigenvalue weighted by atomic mass is 9.95. The Morgan fingerprint density at radius 3 is 2.53 bits per heavy atom. The molecule has 3 nitrogen and oxygen atoms in total. The SMILES string of the molecule is CC(C)CNC(=O)CNCc1ccc(C(C)(C)C)s1. The summed E-state index contributed by atoms with van der Waals surface area (Å²) in [5, 5.41) is 6.09. The van der Waals surface area contributed by atoms with E-state index < -0.39 is 0 Å². The van der Waals surface area contributed by atoms with Crippen LogP contribution in [-0.4, -0.2) is 19.0 Å². The van der Waals surface area contributed by atoms with Gasteiger partial charge in [0.2, 0.25) is 5.91 Å². The summed E-state index contributed by atoms with van der Waals surface area (Å²) in [7, 11) is 0. The molecule has 0 saturated heterocycles. The molecule has 1 aromatic rings. The van der Waals surface area contributed by atoms with Crippen LogP contribution in [0, 0.1) is 5.92 Å². The van der Waals surface area contributed by atoms with E-state index in [0.29, 0.717) is 12.5 Å². The molecule has 1 aromatic heterocycles. The quantitative estimate of drug-likeness (QED) is 0.842. The zero-order valence-electron chi connectivity index (χ0n) is 12.7. The molecule has 4 heteroatoms. The predicted molar refractivity (Wildman–Crippen MR) is 82.6 cm³/mol. The first-order chi connectivity index (χ1) is 8.79. The Hall–Kier alpha value is -0.870. The van der Waals surface area contributed by atoms with E-state index >= 15 is 0 Å². The van der Waals surface area contributed by atoms with Gasteiger partial charge in [0, 0.05) is 22.8 Å². The minimum absolute atomic E-state index is 0.0706. The van der Waals surface area contributed by atoms with Crippen molar-refractivity contribution in [2.45, 2.75) is 46.6 Å². The molecule has 0 saturated carbocycles. The fourth-order valence-corrected chi connectivity index (χ4v) is 2.59. The van der Waals surface area contributed by atoms with E-state index in [-0.39, 0.29) is 11.3 Å². The molecule has 0 aromatic carbocycles. The van der Waals surface area contributed by atoms with Crippen molar-refractivity contribution in [3.63, 3.8) is 0 Å². The molecule has 0 unspecified atom stereocenters. The maximum atomic E-state index is 11.5. The second-order valence-electron chi connectivity index (χ2n) is 6.32. The maximum Gasteiger partial charge on any atom is 0.233 e. The molecule has 0 radical (unpaired) electrons. The Balaban J connectivity index is 2.30. The number of amides is 1. The van der Waals surface area contributed by atoms with Gasteiger partial charge in [0.05, 0.1) is 6.54 Å². The molecule has 1 heterocycles. The molecule has 1 rings (SSSR count). The number of carbonyl (C=O) groups is 1. The Labute approximate surface area is 120 Å². The molecule has 1 amide bonds. The first kappa shape index (κ1) is 16.2. The average Bonchev–Trinajstić information content (AvgIpc) is 2.74. The fraction of sp³-hybridized carbons (Fsp3) is 0.667. The van der Waals surface area contributed by atoms with Crippen molar-refractivity contribution in [3.05, 3.63) is 21.9 Å². The summed E-state index contributed by atoms with van der Waals surface area (Å²) in [6, 6.07) is 4.32.